The van der Waals surface area contributed by atoms with Gasteiger partial charge in [0, 0.05) is 18.4 Å². The number of rotatable bonds is 2. The zero-order chi connectivity index (χ0) is 22.4. The zero-order valence-electron chi connectivity index (χ0n) is 18.8. The Balaban J connectivity index is 1.35. The summed E-state index contributed by atoms with van der Waals surface area (Å²) in [7, 11) is 2.18. The normalized spacial score (nSPS) is 12.3. The van der Waals surface area contributed by atoms with Crippen molar-refractivity contribution in [2.45, 2.75) is 0 Å². The fraction of sp³-hybridized carbons (Fsp3) is 0.0303. The van der Waals surface area contributed by atoms with Crippen molar-refractivity contribution in [3.8, 4) is 0 Å². The van der Waals surface area contributed by atoms with E-state index in [1.54, 1.807) is 0 Å². The number of hydrogen-bond acceptors (Lipinski definition) is 1. The Morgan fingerprint density at radius 1 is 0.353 bits per heavy atom. The molecule has 8 aromatic rings. The maximum absolute atomic E-state index is 2.33. The van der Waals surface area contributed by atoms with Crippen molar-refractivity contribution in [2.24, 2.45) is 0 Å². The highest BCUT2D eigenvalue weighted by atomic mass is 15.1. The maximum atomic E-state index is 2.33. The fourth-order valence-corrected chi connectivity index (χ4v) is 6.01. The van der Waals surface area contributed by atoms with E-state index < -0.39 is 0 Å². The lowest BCUT2D eigenvalue weighted by atomic mass is 9.93. The summed E-state index contributed by atoms with van der Waals surface area (Å²) in [6.07, 6.45) is 0. The molecule has 0 spiro atoms. The van der Waals surface area contributed by atoms with Gasteiger partial charge in [-0.25, -0.2) is 0 Å². The van der Waals surface area contributed by atoms with Crippen LogP contribution in [0, 0.1) is 0 Å². The Bertz CT molecular complexity index is 1760. The van der Waals surface area contributed by atoms with Crippen LogP contribution < -0.4 is 4.90 Å². The third-order valence-electron chi connectivity index (χ3n) is 7.67. The molecule has 0 N–H and O–H groups in total. The summed E-state index contributed by atoms with van der Waals surface area (Å²) in [6, 6.07) is 40.5. The van der Waals surface area contributed by atoms with Crippen LogP contribution in [0.5, 0.6) is 0 Å². The molecule has 0 saturated heterocycles. The molecule has 8 rings (SSSR count). The van der Waals surface area contributed by atoms with Crippen LogP contribution >= 0.6 is 0 Å². The highest BCUT2D eigenvalue weighted by molar-refractivity contribution is 6.25. The molecule has 0 heterocycles. The molecule has 34 heavy (non-hydrogen) atoms. The molecular weight excluding hydrogens is 410 g/mol. The first-order valence-electron chi connectivity index (χ1n) is 11.8. The van der Waals surface area contributed by atoms with Crippen LogP contribution in [0.25, 0.3) is 64.6 Å². The Hall–Kier alpha value is -4.36. The quantitative estimate of drug-likeness (QED) is 0.247. The Kier molecular flexibility index (Phi) is 3.39. The van der Waals surface area contributed by atoms with Crippen molar-refractivity contribution >= 4 is 76.0 Å². The average molecular weight is 432 g/mol. The highest BCUT2D eigenvalue weighted by Gasteiger charge is 2.14. The molecule has 0 bridgehead atoms. The largest absolute Gasteiger partial charge is 0.345 e. The second kappa shape index (κ2) is 6.36. The standard InChI is InChI=1S/C33H21N/c1-34(28-16-24-12-8-20-4-2-5-21-9-13-25(17-28)32(24)30(20)21)29-18-26-14-10-22-6-3-7-23-11-15-27(19-29)33(26)31(22)23/h2-19H,1H3. The number of nitrogens with zero attached hydrogens (tertiary/aromatic N) is 1. The van der Waals surface area contributed by atoms with Crippen molar-refractivity contribution in [1.29, 1.82) is 0 Å². The molecule has 8 aromatic carbocycles. The summed E-state index contributed by atoms with van der Waals surface area (Å²) in [5, 5.41) is 15.9. The summed E-state index contributed by atoms with van der Waals surface area (Å²) in [4.78, 5) is 2.32. The molecule has 0 aliphatic heterocycles. The van der Waals surface area contributed by atoms with Crippen LogP contribution in [0.3, 0.4) is 0 Å². The molecule has 1 nitrogen and oxygen atoms in total. The van der Waals surface area contributed by atoms with Crippen LogP contribution in [0.2, 0.25) is 0 Å². The van der Waals surface area contributed by atoms with Gasteiger partial charge in [0.25, 0.3) is 0 Å². The van der Waals surface area contributed by atoms with E-state index in [0.29, 0.717) is 0 Å². The predicted molar refractivity (Wildman–Crippen MR) is 148 cm³/mol. The molecule has 0 aliphatic rings. The lowest BCUT2D eigenvalue weighted by Crippen LogP contribution is -2.09. The van der Waals surface area contributed by atoms with E-state index in [0.717, 1.165) is 0 Å². The Morgan fingerprint density at radius 3 is 0.941 bits per heavy atom. The van der Waals surface area contributed by atoms with Gasteiger partial charge in [-0.05, 0) is 88.9 Å². The van der Waals surface area contributed by atoms with Crippen LogP contribution in [-0.2, 0) is 0 Å². The average Bonchev–Trinajstić information content (AvgIpc) is 2.89. The van der Waals surface area contributed by atoms with Gasteiger partial charge in [-0.1, -0.05) is 84.9 Å². The van der Waals surface area contributed by atoms with Gasteiger partial charge in [-0.2, -0.15) is 0 Å². The van der Waals surface area contributed by atoms with E-state index in [1.165, 1.54) is 76.0 Å². The lowest BCUT2D eigenvalue weighted by Gasteiger charge is -2.23. The van der Waals surface area contributed by atoms with Gasteiger partial charge in [0.1, 0.15) is 0 Å². The van der Waals surface area contributed by atoms with E-state index in [2.05, 4.69) is 121 Å². The first-order valence-corrected chi connectivity index (χ1v) is 11.8. The minimum absolute atomic E-state index is 1.21. The second-order valence-corrected chi connectivity index (χ2v) is 9.51. The second-order valence-electron chi connectivity index (χ2n) is 9.51. The van der Waals surface area contributed by atoms with E-state index in [1.807, 2.05) is 0 Å². The van der Waals surface area contributed by atoms with Gasteiger partial charge in [0.15, 0.2) is 0 Å². The van der Waals surface area contributed by atoms with E-state index in [-0.39, 0.29) is 0 Å². The van der Waals surface area contributed by atoms with Crippen LogP contribution in [0.15, 0.2) is 109 Å². The molecule has 0 unspecified atom stereocenters. The van der Waals surface area contributed by atoms with Crippen LogP contribution in [-0.4, -0.2) is 7.05 Å². The monoisotopic (exact) mass is 431 g/mol. The summed E-state index contributed by atoms with van der Waals surface area (Å²) in [5.41, 5.74) is 2.41. The van der Waals surface area contributed by atoms with Crippen molar-refractivity contribution in [1.82, 2.24) is 0 Å². The number of anilines is 2. The lowest BCUT2D eigenvalue weighted by molar-refractivity contribution is 1.22. The molecular formula is C33H21N. The van der Waals surface area contributed by atoms with Crippen molar-refractivity contribution < 1.29 is 0 Å². The third-order valence-corrected chi connectivity index (χ3v) is 7.67. The van der Waals surface area contributed by atoms with Gasteiger partial charge >= 0.3 is 0 Å². The SMILES string of the molecule is CN(c1cc2ccc3cccc4ccc(c1)c2c34)c1cc2ccc3cccc4ccc(c1)c2c34. The summed E-state index contributed by atoms with van der Waals surface area (Å²) < 4.78 is 0. The Morgan fingerprint density at radius 2 is 0.618 bits per heavy atom. The van der Waals surface area contributed by atoms with E-state index in [4.69, 9.17) is 0 Å². The maximum Gasteiger partial charge on any atom is 0.0420 e. The number of hydrogen-bond donors (Lipinski definition) is 0. The van der Waals surface area contributed by atoms with Gasteiger partial charge < -0.3 is 4.90 Å². The van der Waals surface area contributed by atoms with Crippen molar-refractivity contribution in [3.05, 3.63) is 109 Å². The molecule has 0 aliphatic carbocycles. The van der Waals surface area contributed by atoms with E-state index in [9.17, 15) is 0 Å². The van der Waals surface area contributed by atoms with Gasteiger partial charge in [0.05, 0.1) is 0 Å². The van der Waals surface area contributed by atoms with Crippen molar-refractivity contribution in [2.75, 3.05) is 11.9 Å². The molecule has 1 heteroatoms. The van der Waals surface area contributed by atoms with Gasteiger partial charge in [0.2, 0.25) is 0 Å². The minimum atomic E-state index is 1.21. The molecule has 0 radical (unpaired) electrons. The molecule has 0 atom stereocenters. The molecule has 0 saturated carbocycles. The molecule has 0 aromatic heterocycles. The zero-order valence-corrected chi connectivity index (χ0v) is 18.8. The van der Waals surface area contributed by atoms with Gasteiger partial charge in [-0.3, -0.25) is 0 Å². The van der Waals surface area contributed by atoms with E-state index >= 15 is 0 Å². The summed E-state index contributed by atoms with van der Waals surface area (Å²) in [5.74, 6) is 0. The van der Waals surface area contributed by atoms with Crippen molar-refractivity contribution in [3.63, 3.8) is 0 Å². The summed E-state index contributed by atoms with van der Waals surface area (Å²) in [6.45, 7) is 0. The molecule has 158 valence electrons. The molecule has 0 amide bonds. The van der Waals surface area contributed by atoms with Gasteiger partial charge in [-0.15, -0.1) is 0 Å². The first-order chi connectivity index (χ1) is 16.7. The van der Waals surface area contributed by atoms with Crippen LogP contribution in [0.1, 0.15) is 0 Å². The predicted octanol–water partition coefficient (Wildman–Crippen LogP) is 9.25. The number of benzene rings is 8. The third kappa shape index (κ3) is 2.34. The summed E-state index contributed by atoms with van der Waals surface area (Å²) >= 11 is 0. The smallest absolute Gasteiger partial charge is 0.0420 e. The Labute approximate surface area is 197 Å². The topological polar surface area (TPSA) is 3.24 Å². The van der Waals surface area contributed by atoms with Crippen LogP contribution in [0.4, 0.5) is 11.4 Å². The first kappa shape index (κ1) is 18.1. The highest BCUT2D eigenvalue weighted by Crippen LogP contribution is 2.40. The molecule has 0 fully saturated rings. The fourth-order valence-electron chi connectivity index (χ4n) is 6.01. The minimum Gasteiger partial charge on any atom is -0.345 e.